The Morgan fingerprint density at radius 3 is 2.41 bits per heavy atom. The molecule has 0 atom stereocenters. The number of hydrogen-bond donors (Lipinski definition) is 1. The zero-order valence-corrected chi connectivity index (χ0v) is 27.0. The molecule has 0 spiro atoms. The van der Waals surface area contributed by atoms with Crippen molar-refractivity contribution in [2.24, 2.45) is 5.92 Å². The molecule has 1 amide bonds. The summed E-state index contributed by atoms with van der Waals surface area (Å²) < 4.78 is 26.9. The molecule has 0 bridgehead atoms. The number of ketones is 1. The third kappa shape index (κ3) is 6.85. The summed E-state index contributed by atoms with van der Waals surface area (Å²) in [5, 5.41) is 2.80. The summed E-state index contributed by atoms with van der Waals surface area (Å²) in [6, 6.07) is 1.58. The second-order valence-electron chi connectivity index (χ2n) is 11.9. The van der Waals surface area contributed by atoms with E-state index in [1.165, 1.54) is 25.7 Å². The number of carbonyl (C=O) groups is 2. The van der Waals surface area contributed by atoms with Crippen molar-refractivity contribution in [2.45, 2.75) is 77.6 Å². The van der Waals surface area contributed by atoms with E-state index in [1.54, 1.807) is 13.0 Å². The number of methoxy groups -OCH3 is 1. The average molecular weight is 619 g/mol. The zero-order chi connectivity index (χ0) is 30.1. The molecule has 0 radical (unpaired) electrons. The summed E-state index contributed by atoms with van der Waals surface area (Å²) >= 11 is 7.06. The van der Waals surface area contributed by atoms with Crippen molar-refractivity contribution >= 4 is 48.1 Å². The summed E-state index contributed by atoms with van der Waals surface area (Å²) in [6.07, 6.45) is 7.57. The minimum atomic E-state index is -1.86. The molecule has 0 aliphatic heterocycles. The van der Waals surface area contributed by atoms with Crippen LogP contribution in [-0.4, -0.2) is 48.2 Å². The normalized spacial score (nSPS) is 17.8. The maximum absolute atomic E-state index is 15.1. The highest BCUT2D eigenvalue weighted by atomic mass is 35.5. The average Bonchev–Trinajstić information content (AvgIpc) is 3.37. The lowest BCUT2D eigenvalue weighted by Gasteiger charge is -2.41. The van der Waals surface area contributed by atoms with Gasteiger partial charge in [-0.1, -0.05) is 43.7 Å². The molecule has 0 saturated heterocycles. The van der Waals surface area contributed by atoms with E-state index >= 15 is 4.39 Å². The van der Waals surface area contributed by atoms with Crippen LogP contribution in [0.15, 0.2) is 24.7 Å². The minimum Gasteiger partial charge on any atom is -0.494 e. The molecule has 8 nitrogen and oxygen atoms in total. The Bertz CT molecular complexity index is 1450. The van der Waals surface area contributed by atoms with Crippen molar-refractivity contribution < 1.29 is 23.1 Å². The van der Waals surface area contributed by atoms with Gasteiger partial charge in [0.15, 0.2) is 30.2 Å². The van der Waals surface area contributed by atoms with Crippen molar-refractivity contribution in [3.8, 4) is 16.9 Å². The molecular formula is C29H36ClFN4O4SSi. The Kier molecular flexibility index (Phi) is 9.32. The molecule has 1 aliphatic rings. The maximum atomic E-state index is 15.1. The standard InChI is InChI=1S/C29H36ClFN4O4SSi/c1-16-12-19(23-21(38-5)14-33-26(30)24(23)31)20(13-32-16)27(37)35-28-34-15-22(40-28)25(36)17-8-10-18(11-9-17)39-41(6,7)29(2,3)4/h12-15,17-18H,8-11H2,1-7H3,(H,34,35,37). The van der Waals surface area contributed by atoms with E-state index in [1.807, 2.05) is 0 Å². The lowest BCUT2D eigenvalue weighted by molar-refractivity contribution is 0.0788. The molecule has 1 N–H and O–H groups in total. The Labute approximate surface area is 250 Å². The number of nitrogens with zero attached hydrogens (tertiary/aromatic N) is 3. The Hall–Kier alpha value is -2.73. The molecule has 0 unspecified atom stereocenters. The maximum Gasteiger partial charge on any atom is 0.259 e. The quantitative estimate of drug-likeness (QED) is 0.156. The van der Waals surface area contributed by atoms with E-state index in [0.29, 0.717) is 10.6 Å². The number of rotatable bonds is 8. The van der Waals surface area contributed by atoms with Crippen molar-refractivity contribution in [3.63, 3.8) is 0 Å². The van der Waals surface area contributed by atoms with E-state index in [0.717, 1.165) is 37.0 Å². The van der Waals surface area contributed by atoms with Gasteiger partial charge in [-0.2, -0.15) is 0 Å². The van der Waals surface area contributed by atoms with Crippen LogP contribution in [0.2, 0.25) is 23.3 Å². The van der Waals surface area contributed by atoms with Crippen molar-refractivity contribution in [1.82, 2.24) is 15.0 Å². The van der Waals surface area contributed by atoms with Crippen molar-refractivity contribution in [3.05, 3.63) is 51.8 Å². The molecular weight excluding hydrogens is 583 g/mol. The number of Topliss-reactive ketones (excluding diaryl/α,β-unsaturated/α-hetero) is 1. The summed E-state index contributed by atoms with van der Waals surface area (Å²) in [4.78, 5) is 39.4. The van der Waals surface area contributed by atoms with Crippen LogP contribution in [0, 0.1) is 18.7 Å². The largest absolute Gasteiger partial charge is 0.494 e. The third-order valence-corrected chi connectivity index (χ3v) is 13.7. The van der Waals surface area contributed by atoms with Gasteiger partial charge in [-0.3, -0.25) is 19.9 Å². The summed E-state index contributed by atoms with van der Waals surface area (Å²) in [6.45, 7) is 12.9. The van der Waals surface area contributed by atoms with E-state index in [4.69, 9.17) is 20.8 Å². The molecule has 41 heavy (non-hydrogen) atoms. The third-order valence-electron chi connectivity index (χ3n) is 8.00. The fourth-order valence-corrected chi connectivity index (χ4v) is 7.04. The molecule has 1 aliphatic carbocycles. The topological polar surface area (TPSA) is 103 Å². The first kappa shape index (κ1) is 31.2. The molecule has 1 saturated carbocycles. The van der Waals surface area contributed by atoms with Crippen LogP contribution in [0.25, 0.3) is 11.1 Å². The number of aryl methyl sites for hydroxylation is 1. The predicted octanol–water partition coefficient (Wildman–Crippen LogP) is 7.73. The predicted molar refractivity (Wildman–Crippen MR) is 162 cm³/mol. The number of anilines is 1. The van der Waals surface area contributed by atoms with E-state index in [2.05, 4.69) is 54.1 Å². The van der Waals surface area contributed by atoms with Gasteiger partial charge in [-0.15, -0.1) is 0 Å². The van der Waals surface area contributed by atoms with Gasteiger partial charge >= 0.3 is 0 Å². The molecule has 0 aromatic carbocycles. The smallest absolute Gasteiger partial charge is 0.259 e. The fourth-order valence-electron chi connectivity index (χ4n) is 4.65. The Balaban J connectivity index is 1.46. The van der Waals surface area contributed by atoms with Gasteiger partial charge < -0.3 is 9.16 Å². The van der Waals surface area contributed by atoms with E-state index in [-0.39, 0.29) is 55.6 Å². The highest BCUT2D eigenvalue weighted by molar-refractivity contribution is 7.17. The number of aromatic nitrogens is 3. The van der Waals surface area contributed by atoms with Gasteiger partial charge in [0.05, 0.1) is 35.5 Å². The lowest BCUT2D eigenvalue weighted by atomic mass is 9.84. The van der Waals surface area contributed by atoms with Crippen LogP contribution in [0.3, 0.4) is 0 Å². The van der Waals surface area contributed by atoms with Crippen LogP contribution in [0.1, 0.15) is 72.2 Å². The monoisotopic (exact) mass is 618 g/mol. The summed E-state index contributed by atoms with van der Waals surface area (Å²) in [5.74, 6) is -1.31. The molecule has 4 rings (SSSR count). The first-order chi connectivity index (χ1) is 19.2. The molecule has 3 heterocycles. The van der Waals surface area contributed by atoms with E-state index < -0.39 is 20.0 Å². The lowest BCUT2D eigenvalue weighted by Crippen LogP contribution is -2.45. The number of halogens is 2. The van der Waals surface area contributed by atoms with Crippen LogP contribution >= 0.6 is 22.9 Å². The zero-order valence-electron chi connectivity index (χ0n) is 24.4. The van der Waals surface area contributed by atoms with Gasteiger partial charge in [-0.05, 0) is 56.8 Å². The van der Waals surface area contributed by atoms with Gasteiger partial charge in [0, 0.05) is 29.5 Å². The number of nitrogens with one attached hydrogen (secondary N) is 1. The number of carbonyl (C=O) groups excluding carboxylic acids is 2. The van der Waals surface area contributed by atoms with Crippen molar-refractivity contribution in [1.29, 1.82) is 0 Å². The number of amides is 1. The molecule has 3 aromatic rings. The van der Waals surface area contributed by atoms with Gasteiger partial charge in [0.1, 0.15) is 5.75 Å². The van der Waals surface area contributed by atoms with Gasteiger partial charge in [0.25, 0.3) is 5.91 Å². The Morgan fingerprint density at radius 2 is 1.78 bits per heavy atom. The molecule has 220 valence electrons. The fraction of sp³-hybridized carbons (Fsp3) is 0.483. The van der Waals surface area contributed by atoms with Crippen molar-refractivity contribution in [2.75, 3.05) is 12.4 Å². The first-order valence-electron chi connectivity index (χ1n) is 13.6. The number of ether oxygens (including phenoxy) is 1. The Morgan fingerprint density at radius 1 is 1.10 bits per heavy atom. The van der Waals surface area contributed by atoms with Gasteiger partial charge in [-0.25, -0.2) is 14.4 Å². The molecule has 12 heteroatoms. The second kappa shape index (κ2) is 12.2. The number of hydrogen-bond acceptors (Lipinski definition) is 8. The summed E-state index contributed by atoms with van der Waals surface area (Å²) in [5.41, 5.74) is 0.917. The molecule has 1 fully saturated rings. The second-order valence-corrected chi connectivity index (χ2v) is 18.0. The number of thiazole rings is 1. The number of pyridine rings is 2. The van der Waals surface area contributed by atoms with Crippen LogP contribution in [-0.2, 0) is 4.43 Å². The van der Waals surface area contributed by atoms with E-state index in [9.17, 15) is 9.59 Å². The van der Waals surface area contributed by atoms with Gasteiger partial charge in [0.2, 0.25) is 0 Å². The SMILES string of the molecule is COc1cnc(Cl)c(F)c1-c1cc(C)ncc1C(=O)Nc1ncc(C(=O)C2CCC(O[Si](C)(C)C(C)(C)C)CC2)s1. The molecule has 3 aromatic heterocycles. The first-order valence-corrected chi connectivity index (χ1v) is 17.7. The van der Waals surface area contributed by atoms with Crippen LogP contribution in [0.5, 0.6) is 5.75 Å². The van der Waals surface area contributed by atoms with Crippen LogP contribution in [0.4, 0.5) is 9.52 Å². The minimum absolute atomic E-state index is 0.00583. The highest BCUT2D eigenvalue weighted by Gasteiger charge is 2.40. The summed E-state index contributed by atoms with van der Waals surface area (Å²) in [7, 11) is -0.483. The highest BCUT2D eigenvalue weighted by Crippen LogP contribution is 2.41. The van der Waals surface area contributed by atoms with Crippen LogP contribution < -0.4 is 10.1 Å².